The smallest absolute Gasteiger partial charge is 0.251 e. The molecule has 0 saturated carbocycles. The van der Waals surface area contributed by atoms with Gasteiger partial charge in [0.1, 0.15) is 6.10 Å². The zero-order valence-electron chi connectivity index (χ0n) is 7.45. The number of nitrogens with zero attached hydrogens (tertiary/aromatic N) is 1. The predicted molar refractivity (Wildman–Crippen MR) is 45.7 cm³/mol. The Balaban J connectivity index is 2.20. The van der Waals surface area contributed by atoms with Crippen LogP contribution >= 0.6 is 0 Å². The van der Waals surface area contributed by atoms with Crippen LogP contribution in [0.4, 0.5) is 0 Å². The summed E-state index contributed by atoms with van der Waals surface area (Å²) in [5.41, 5.74) is 5.30. The summed E-state index contributed by atoms with van der Waals surface area (Å²) in [5.74, 6) is 0.104. The van der Waals surface area contributed by atoms with Crippen LogP contribution in [0.1, 0.15) is 12.8 Å². The Labute approximate surface area is 72.7 Å². The fraction of sp³-hybridized carbons (Fsp3) is 0.875. The maximum absolute atomic E-state index is 11.3. The Morgan fingerprint density at radius 2 is 2.50 bits per heavy atom. The Morgan fingerprint density at radius 1 is 1.75 bits per heavy atom. The van der Waals surface area contributed by atoms with Gasteiger partial charge in [0.25, 0.3) is 5.91 Å². The molecule has 4 heteroatoms. The summed E-state index contributed by atoms with van der Waals surface area (Å²) in [5, 5.41) is 0. The van der Waals surface area contributed by atoms with Gasteiger partial charge in [0.05, 0.1) is 0 Å². The molecule has 1 unspecified atom stereocenters. The van der Waals surface area contributed by atoms with Crippen molar-refractivity contribution in [2.75, 3.05) is 26.7 Å². The average Bonchev–Trinajstić information content (AvgIpc) is 2.36. The molecule has 1 amide bonds. The van der Waals surface area contributed by atoms with Crippen molar-refractivity contribution in [2.24, 2.45) is 5.73 Å². The highest BCUT2D eigenvalue weighted by Crippen LogP contribution is 2.12. The summed E-state index contributed by atoms with van der Waals surface area (Å²) in [4.78, 5) is 13.0. The van der Waals surface area contributed by atoms with E-state index in [-0.39, 0.29) is 12.0 Å². The minimum atomic E-state index is -0.207. The quantitative estimate of drug-likeness (QED) is 0.586. The first-order valence-electron chi connectivity index (χ1n) is 4.32. The molecule has 2 N–H and O–H groups in total. The van der Waals surface area contributed by atoms with Gasteiger partial charge in [-0.3, -0.25) is 4.79 Å². The SMILES string of the molecule is CN1CCC(OCCCN)C1=O. The van der Waals surface area contributed by atoms with E-state index in [1.54, 1.807) is 11.9 Å². The van der Waals surface area contributed by atoms with Crippen LogP contribution in [0.25, 0.3) is 0 Å². The number of hydrogen-bond acceptors (Lipinski definition) is 3. The van der Waals surface area contributed by atoms with Crippen LogP contribution in [0.15, 0.2) is 0 Å². The molecule has 1 heterocycles. The Kier molecular flexibility index (Phi) is 3.49. The van der Waals surface area contributed by atoms with E-state index >= 15 is 0 Å². The second-order valence-corrected chi connectivity index (χ2v) is 3.05. The topological polar surface area (TPSA) is 55.6 Å². The number of likely N-dealkylation sites (N-methyl/N-ethyl adjacent to an activating group) is 1. The Hall–Kier alpha value is -0.610. The number of rotatable bonds is 4. The van der Waals surface area contributed by atoms with Crippen molar-refractivity contribution in [1.29, 1.82) is 0 Å². The number of ether oxygens (including phenoxy) is 1. The lowest BCUT2D eigenvalue weighted by molar-refractivity contribution is -0.136. The Morgan fingerprint density at radius 3 is 3.00 bits per heavy atom. The van der Waals surface area contributed by atoms with Crippen LogP contribution in [0.3, 0.4) is 0 Å². The summed E-state index contributed by atoms with van der Waals surface area (Å²) in [6.07, 6.45) is 1.44. The molecule has 1 rings (SSSR count). The maximum atomic E-state index is 11.3. The van der Waals surface area contributed by atoms with Crippen molar-refractivity contribution in [3.8, 4) is 0 Å². The van der Waals surface area contributed by atoms with E-state index in [9.17, 15) is 4.79 Å². The van der Waals surface area contributed by atoms with E-state index in [1.807, 2.05) is 0 Å². The molecule has 0 aromatic rings. The molecule has 1 atom stereocenters. The predicted octanol–water partition coefficient (Wildman–Crippen LogP) is -0.417. The Bertz CT molecular complexity index is 161. The number of carbonyl (C=O) groups excluding carboxylic acids is 1. The van der Waals surface area contributed by atoms with Crippen LogP contribution in [-0.2, 0) is 9.53 Å². The van der Waals surface area contributed by atoms with Gasteiger partial charge in [0.15, 0.2) is 0 Å². The minimum Gasteiger partial charge on any atom is -0.368 e. The van der Waals surface area contributed by atoms with Crippen LogP contribution < -0.4 is 5.73 Å². The van der Waals surface area contributed by atoms with Gasteiger partial charge < -0.3 is 15.4 Å². The number of amides is 1. The highest BCUT2D eigenvalue weighted by Gasteiger charge is 2.29. The number of likely N-dealkylation sites (tertiary alicyclic amines) is 1. The molecule has 1 aliphatic heterocycles. The van der Waals surface area contributed by atoms with Crippen molar-refractivity contribution in [3.63, 3.8) is 0 Å². The molecule has 0 radical (unpaired) electrons. The van der Waals surface area contributed by atoms with E-state index in [1.165, 1.54) is 0 Å². The highest BCUT2D eigenvalue weighted by molar-refractivity contribution is 5.82. The standard InChI is InChI=1S/C8H16N2O2/c1-10-5-3-7(8(10)11)12-6-2-4-9/h7H,2-6,9H2,1H3. The third kappa shape index (κ3) is 2.19. The van der Waals surface area contributed by atoms with Gasteiger partial charge in [-0.15, -0.1) is 0 Å². The molecule has 0 aromatic carbocycles. The average molecular weight is 172 g/mol. The molecule has 1 aliphatic rings. The molecule has 0 spiro atoms. The lowest BCUT2D eigenvalue weighted by Crippen LogP contribution is -2.28. The summed E-state index contributed by atoms with van der Waals surface area (Å²) >= 11 is 0. The summed E-state index contributed by atoms with van der Waals surface area (Å²) in [6, 6.07) is 0. The van der Waals surface area contributed by atoms with E-state index < -0.39 is 0 Å². The first kappa shape index (κ1) is 9.48. The number of hydrogen-bond donors (Lipinski definition) is 1. The number of nitrogens with two attached hydrogens (primary N) is 1. The number of carbonyl (C=O) groups is 1. The van der Waals surface area contributed by atoms with Crippen LogP contribution in [0.5, 0.6) is 0 Å². The normalized spacial score (nSPS) is 23.7. The molecule has 12 heavy (non-hydrogen) atoms. The fourth-order valence-corrected chi connectivity index (χ4v) is 1.25. The summed E-state index contributed by atoms with van der Waals surface area (Å²) in [7, 11) is 1.80. The lowest BCUT2D eigenvalue weighted by atomic mass is 10.3. The van der Waals surface area contributed by atoms with Gasteiger partial charge in [-0.2, -0.15) is 0 Å². The van der Waals surface area contributed by atoms with Crippen LogP contribution in [0, 0.1) is 0 Å². The summed E-state index contributed by atoms with van der Waals surface area (Å²) in [6.45, 7) is 2.03. The molecule has 1 saturated heterocycles. The second-order valence-electron chi connectivity index (χ2n) is 3.05. The van der Waals surface area contributed by atoms with Gasteiger partial charge in [-0.05, 0) is 13.0 Å². The largest absolute Gasteiger partial charge is 0.368 e. The van der Waals surface area contributed by atoms with Gasteiger partial charge in [-0.1, -0.05) is 0 Å². The van der Waals surface area contributed by atoms with E-state index in [4.69, 9.17) is 10.5 Å². The fourth-order valence-electron chi connectivity index (χ4n) is 1.25. The van der Waals surface area contributed by atoms with Gasteiger partial charge in [0.2, 0.25) is 0 Å². The molecule has 4 nitrogen and oxygen atoms in total. The van der Waals surface area contributed by atoms with Crippen molar-refractivity contribution < 1.29 is 9.53 Å². The first-order valence-corrected chi connectivity index (χ1v) is 4.32. The zero-order chi connectivity index (χ0) is 8.97. The van der Waals surface area contributed by atoms with Gasteiger partial charge in [-0.25, -0.2) is 0 Å². The van der Waals surface area contributed by atoms with E-state index in [0.29, 0.717) is 13.2 Å². The van der Waals surface area contributed by atoms with Gasteiger partial charge in [0, 0.05) is 26.6 Å². The zero-order valence-corrected chi connectivity index (χ0v) is 7.45. The molecule has 1 fully saturated rings. The highest BCUT2D eigenvalue weighted by atomic mass is 16.5. The molecule has 0 aromatic heterocycles. The summed E-state index contributed by atoms with van der Waals surface area (Å²) < 4.78 is 5.35. The maximum Gasteiger partial charge on any atom is 0.251 e. The monoisotopic (exact) mass is 172 g/mol. The van der Waals surface area contributed by atoms with Gasteiger partial charge >= 0.3 is 0 Å². The third-order valence-electron chi connectivity index (χ3n) is 2.05. The molecule has 0 bridgehead atoms. The van der Waals surface area contributed by atoms with Crippen LogP contribution in [0.2, 0.25) is 0 Å². The third-order valence-corrected chi connectivity index (χ3v) is 2.05. The molecular weight excluding hydrogens is 156 g/mol. The van der Waals surface area contributed by atoms with Crippen molar-refractivity contribution in [2.45, 2.75) is 18.9 Å². The molecule has 70 valence electrons. The van der Waals surface area contributed by atoms with Crippen molar-refractivity contribution in [3.05, 3.63) is 0 Å². The van der Waals surface area contributed by atoms with E-state index in [0.717, 1.165) is 19.4 Å². The minimum absolute atomic E-state index is 0.104. The van der Waals surface area contributed by atoms with Crippen molar-refractivity contribution >= 4 is 5.91 Å². The molecule has 0 aliphatic carbocycles. The second kappa shape index (κ2) is 4.42. The molecular formula is C8H16N2O2. The first-order chi connectivity index (χ1) is 5.75. The van der Waals surface area contributed by atoms with Crippen LogP contribution in [-0.4, -0.2) is 43.7 Å². The van der Waals surface area contributed by atoms with E-state index in [2.05, 4.69) is 0 Å². The lowest BCUT2D eigenvalue weighted by Gasteiger charge is -2.10. The van der Waals surface area contributed by atoms with Crippen molar-refractivity contribution in [1.82, 2.24) is 4.90 Å².